The molecule has 1 aliphatic heterocycles. The van der Waals surface area contributed by atoms with Gasteiger partial charge in [-0.3, -0.25) is 14.8 Å². The fourth-order valence-electron chi connectivity index (χ4n) is 4.13. The highest BCUT2D eigenvalue weighted by Crippen LogP contribution is 2.31. The molecule has 0 spiro atoms. The molecule has 0 bridgehead atoms. The molecular formula is C27H32N6O2. The first-order valence-corrected chi connectivity index (χ1v) is 11.6. The van der Waals surface area contributed by atoms with Gasteiger partial charge in [-0.1, -0.05) is 6.07 Å². The molecule has 1 fully saturated rings. The first-order chi connectivity index (χ1) is 16.9. The van der Waals surface area contributed by atoms with Crippen molar-refractivity contribution in [3.05, 3.63) is 75.8 Å². The van der Waals surface area contributed by atoms with Crippen molar-refractivity contribution in [1.29, 1.82) is 0 Å². The molecule has 1 saturated heterocycles. The van der Waals surface area contributed by atoms with Crippen molar-refractivity contribution in [2.45, 2.75) is 13.8 Å². The van der Waals surface area contributed by atoms with Gasteiger partial charge in [0.25, 0.3) is 5.56 Å². The van der Waals surface area contributed by atoms with Gasteiger partial charge in [-0.2, -0.15) is 0 Å². The number of H-pyrrole nitrogens is 1. The highest BCUT2D eigenvalue weighted by atomic mass is 16.5. The van der Waals surface area contributed by atoms with Crippen molar-refractivity contribution in [2.24, 2.45) is 4.99 Å². The summed E-state index contributed by atoms with van der Waals surface area (Å²) >= 11 is 0. The first kappa shape index (κ1) is 24.2. The molecule has 2 aromatic carbocycles. The van der Waals surface area contributed by atoms with E-state index in [0.717, 1.165) is 37.6 Å². The van der Waals surface area contributed by atoms with Crippen LogP contribution in [0.4, 0.5) is 17.1 Å². The third kappa shape index (κ3) is 5.60. The Morgan fingerprint density at radius 1 is 1.09 bits per heavy atom. The molecule has 35 heavy (non-hydrogen) atoms. The molecule has 0 aliphatic carbocycles. The third-order valence-electron chi connectivity index (χ3n) is 6.33. The standard InChI is InChI=1S/C27H32N6O2/c1-19-6-7-22(18-25(19)33-16-14-31(4)15-17-33)32(5)21-8-10-23(11-9-21)35-27-29-20(2)24(12-13-28-3)26(34)30-27/h6-13,18H,3,14-17H2,1-2,4-5H3,(H,29,30,34)/b13-12-. The Hall–Kier alpha value is -3.91. The van der Waals surface area contributed by atoms with Crippen molar-refractivity contribution in [3.63, 3.8) is 0 Å². The number of hydrogen-bond acceptors (Lipinski definition) is 7. The number of anilines is 3. The second-order valence-corrected chi connectivity index (χ2v) is 8.78. The van der Waals surface area contributed by atoms with Crippen LogP contribution in [0.3, 0.4) is 0 Å². The molecule has 1 aromatic heterocycles. The summed E-state index contributed by atoms with van der Waals surface area (Å²) in [5, 5.41) is 0. The van der Waals surface area contributed by atoms with E-state index in [1.807, 2.05) is 24.3 Å². The van der Waals surface area contributed by atoms with Gasteiger partial charge in [0.1, 0.15) is 5.75 Å². The number of benzene rings is 2. The van der Waals surface area contributed by atoms with E-state index in [-0.39, 0.29) is 11.6 Å². The average Bonchev–Trinajstić information content (AvgIpc) is 2.85. The number of aryl methyl sites for hydroxylation is 2. The summed E-state index contributed by atoms with van der Waals surface area (Å²) in [5.74, 6) is 0.586. The summed E-state index contributed by atoms with van der Waals surface area (Å²) in [4.78, 5) is 30.0. The van der Waals surface area contributed by atoms with Gasteiger partial charge in [0.15, 0.2) is 0 Å². The molecular weight excluding hydrogens is 440 g/mol. The predicted molar refractivity (Wildman–Crippen MR) is 144 cm³/mol. The summed E-state index contributed by atoms with van der Waals surface area (Å²) < 4.78 is 5.81. The second-order valence-electron chi connectivity index (χ2n) is 8.78. The summed E-state index contributed by atoms with van der Waals surface area (Å²) in [6, 6.07) is 14.5. The van der Waals surface area contributed by atoms with Crippen LogP contribution in [0, 0.1) is 13.8 Å². The molecule has 0 radical (unpaired) electrons. The summed E-state index contributed by atoms with van der Waals surface area (Å²) in [7, 11) is 4.23. The van der Waals surface area contributed by atoms with Crippen LogP contribution in [-0.2, 0) is 0 Å². The Morgan fingerprint density at radius 2 is 1.77 bits per heavy atom. The minimum Gasteiger partial charge on any atom is -0.426 e. The van der Waals surface area contributed by atoms with Crippen LogP contribution in [0.2, 0.25) is 0 Å². The monoisotopic (exact) mass is 472 g/mol. The number of ether oxygens (including phenoxy) is 1. The number of nitrogens with one attached hydrogen (secondary N) is 1. The number of hydrogen-bond donors (Lipinski definition) is 1. The summed E-state index contributed by atoms with van der Waals surface area (Å²) in [6.45, 7) is 11.5. The number of aromatic nitrogens is 2. The SMILES string of the molecule is C=N/C=C\c1c(C)nc(Oc2ccc(N(C)c3ccc(C)c(N4CCN(C)CC4)c3)cc2)[nH]c1=O. The molecule has 1 N–H and O–H groups in total. The van der Waals surface area contributed by atoms with Gasteiger partial charge in [0.2, 0.25) is 0 Å². The molecule has 182 valence electrons. The fraction of sp³-hybridized carbons (Fsp3) is 0.296. The Kier molecular flexibility index (Phi) is 7.31. The maximum Gasteiger partial charge on any atom is 0.302 e. The molecule has 0 unspecified atom stereocenters. The van der Waals surface area contributed by atoms with Crippen LogP contribution < -0.4 is 20.1 Å². The van der Waals surface area contributed by atoms with Crippen LogP contribution in [-0.4, -0.2) is 61.9 Å². The number of piperazine rings is 1. The number of nitrogens with zero attached hydrogens (tertiary/aromatic N) is 5. The number of rotatable bonds is 7. The van der Waals surface area contributed by atoms with Crippen molar-refractivity contribution < 1.29 is 4.74 Å². The highest BCUT2D eigenvalue weighted by Gasteiger charge is 2.17. The number of likely N-dealkylation sites (N-methyl/N-ethyl adjacent to an activating group) is 1. The lowest BCUT2D eigenvalue weighted by molar-refractivity contribution is 0.312. The van der Waals surface area contributed by atoms with Gasteiger partial charge < -0.3 is 19.4 Å². The van der Waals surface area contributed by atoms with E-state index in [1.54, 1.807) is 13.0 Å². The Morgan fingerprint density at radius 3 is 2.43 bits per heavy atom. The molecule has 8 nitrogen and oxygen atoms in total. The molecule has 4 rings (SSSR count). The smallest absolute Gasteiger partial charge is 0.302 e. The van der Waals surface area contributed by atoms with E-state index in [2.05, 4.69) is 75.6 Å². The predicted octanol–water partition coefficient (Wildman–Crippen LogP) is 4.37. The normalized spacial score (nSPS) is 14.3. The summed E-state index contributed by atoms with van der Waals surface area (Å²) in [6.07, 6.45) is 3.03. The van der Waals surface area contributed by atoms with Crippen molar-refractivity contribution in [1.82, 2.24) is 14.9 Å². The van der Waals surface area contributed by atoms with Crippen LogP contribution in [0.25, 0.3) is 6.08 Å². The zero-order valence-electron chi connectivity index (χ0n) is 20.8. The lowest BCUT2D eigenvalue weighted by atomic mass is 10.1. The number of aromatic amines is 1. The minimum absolute atomic E-state index is 0.146. The molecule has 0 saturated carbocycles. The number of aliphatic imine (C=N–C) groups is 1. The maximum atomic E-state index is 12.3. The zero-order chi connectivity index (χ0) is 24.9. The van der Waals surface area contributed by atoms with Crippen LogP contribution in [0.5, 0.6) is 11.8 Å². The zero-order valence-corrected chi connectivity index (χ0v) is 20.8. The van der Waals surface area contributed by atoms with Crippen LogP contribution in [0.15, 0.2) is 58.5 Å². The van der Waals surface area contributed by atoms with Crippen LogP contribution in [0.1, 0.15) is 16.8 Å². The average molecular weight is 473 g/mol. The molecule has 2 heterocycles. The molecule has 0 amide bonds. The van der Waals surface area contributed by atoms with Gasteiger partial charge in [0.05, 0.1) is 11.3 Å². The van der Waals surface area contributed by atoms with Gasteiger partial charge in [-0.15, -0.1) is 0 Å². The maximum absolute atomic E-state index is 12.3. The highest BCUT2D eigenvalue weighted by molar-refractivity contribution is 5.69. The van der Waals surface area contributed by atoms with Gasteiger partial charge in [0, 0.05) is 56.5 Å². The minimum atomic E-state index is -0.292. The quantitative estimate of drug-likeness (QED) is 0.515. The lowest BCUT2D eigenvalue weighted by Crippen LogP contribution is -2.44. The van der Waals surface area contributed by atoms with E-state index >= 15 is 0 Å². The van der Waals surface area contributed by atoms with E-state index in [4.69, 9.17) is 4.74 Å². The van der Waals surface area contributed by atoms with E-state index in [0.29, 0.717) is 17.0 Å². The third-order valence-corrected chi connectivity index (χ3v) is 6.33. The van der Waals surface area contributed by atoms with Crippen LogP contribution >= 0.6 is 0 Å². The Balaban J connectivity index is 1.49. The van der Waals surface area contributed by atoms with Gasteiger partial charge in [-0.05, 0) is 75.7 Å². The van der Waals surface area contributed by atoms with E-state index in [9.17, 15) is 4.79 Å². The fourth-order valence-corrected chi connectivity index (χ4v) is 4.13. The largest absolute Gasteiger partial charge is 0.426 e. The van der Waals surface area contributed by atoms with Crippen molar-refractivity contribution in [2.75, 3.05) is 50.1 Å². The lowest BCUT2D eigenvalue weighted by Gasteiger charge is -2.35. The van der Waals surface area contributed by atoms with E-state index in [1.165, 1.54) is 17.5 Å². The van der Waals surface area contributed by atoms with Gasteiger partial charge >= 0.3 is 6.01 Å². The Bertz CT molecular complexity index is 1270. The second kappa shape index (κ2) is 10.6. The van der Waals surface area contributed by atoms with Crippen molar-refractivity contribution >= 4 is 29.9 Å². The molecule has 3 aromatic rings. The van der Waals surface area contributed by atoms with E-state index < -0.39 is 0 Å². The molecule has 8 heteroatoms. The first-order valence-electron chi connectivity index (χ1n) is 11.6. The van der Waals surface area contributed by atoms with Crippen molar-refractivity contribution in [3.8, 4) is 11.8 Å². The summed E-state index contributed by atoms with van der Waals surface area (Å²) in [5.41, 5.74) is 5.41. The molecule has 0 atom stereocenters. The topological polar surface area (TPSA) is 77.1 Å². The Labute approximate surface area is 206 Å². The van der Waals surface area contributed by atoms with Gasteiger partial charge in [-0.25, -0.2) is 4.98 Å². The molecule has 1 aliphatic rings.